The van der Waals surface area contributed by atoms with Crippen molar-refractivity contribution in [1.29, 1.82) is 0 Å². The summed E-state index contributed by atoms with van der Waals surface area (Å²) in [6, 6.07) is 1.54. The maximum Gasteiger partial charge on any atom is 0.169 e. The highest BCUT2D eigenvalue weighted by Gasteiger charge is 2.15. The van der Waals surface area contributed by atoms with Crippen molar-refractivity contribution in [3.8, 4) is 11.3 Å². The van der Waals surface area contributed by atoms with Crippen LogP contribution in [-0.2, 0) is 6.54 Å². The van der Waals surface area contributed by atoms with Crippen LogP contribution in [0, 0.1) is 12.7 Å². The van der Waals surface area contributed by atoms with Gasteiger partial charge in [0.1, 0.15) is 5.69 Å². The van der Waals surface area contributed by atoms with Gasteiger partial charge >= 0.3 is 0 Å². The summed E-state index contributed by atoms with van der Waals surface area (Å²) in [5.41, 5.74) is 1.50. The first-order chi connectivity index (χ1) is 7.63. The largest absolute Gasteiger partial charge is 0.242 e. The van der Waals surface area contributed by atoms with E-state index in [-0.39, 0.29) is 5.15 Å². The molecule has 0 saturated carbocycles. The molecule has 0 fully saturated rings. The summed E-state index contributed by atoms with van der Waals surface area (Å²) in [7, 11) is 0. The van der Waals surface area contributed by atoms with Crippen LogP contribution < -0.4 is 0 Å². The van der Waals surface area contributed by atoms with Crippen LogP contribution in [0.3, 0.4) is 0 Å². The van der Waals surface area contributed by atoms with E-state index in [2.05, 4.69) is 15.2 Å². The van der Waals surface area contributed by atoms with Gasteiger partial charge in [-0.15, -0.1) is 0 Å². The highest BCUT2D eigenvalue weighted by atomic mass is 35.5. The third-order valence-corrected chi connectivity index (χ3v) is 2.47. The predicted octanol–water partition coefficient (Wildman–Crippen LogP) is 2.46. The number of aromatic nitrogens is 4. The lowest BCUT2D eigenvalue weighted by molar-refractivity contribution is 0.566. The molecule has 0 unspecified atom stereocenters. The van der Waals surface area contributed by atoms with Gasteiger partial charge in [0.2, 0.25) is 0 Å². The standard InChI is InChI=1S/C10H10ClFN4/c1-3-16-14-6(2)9(15-16)7-4-5-13-10(11)8(7)12/h4-5H,3H2,1-2H3. The highest BCUT2D eigenvalue weighted by Crippen LogP contribution is 2.26. The lowest BCUT2D eigenvalue weighted by Crippen LogP contribution is -1.98. The molecule has 0 aliphatic rings. The van der Waals surface area contributed by atoms with Crippen LogP contribution in [-0.4, -0.2) is 20.0 Å². The molecule has 4 nitrogen and oxygen atoms in total. The number of nitrogens with zero attached hydrogens (tertiary/aromatic N) is 4. The van der Waals surface area contributed by atoms with E-state index < -0.39 is 5.82 Å². The van der Waals surface area contributed by atoms with Gasteiger partial charge in [0.15, 0.2) is 11.0 Å². The van der Waals surface area contributed by atoms with E-state index in [4.69, 9.17) is 11.6 Å². The first-order valence-electron chi connectivity index (χ1n) is 4.85. The van der Waals surface area contributed by atoms with E-state index in [0.717, 1.165) is 0 Å². The molecule has 0 bridgehead atoms. The van der Waals surface area contributed by atoms with E-state index in [1.54, 1.807) is 6.92 Å². The predicted molar refractivity (Wildman–Crippen MR) is 58.6 cm³/mol. The normalized spacial score (nSPS) is 10.8. The Morgan fingerprint density at radius 2 is 2.19 bits per heavy atom. The zero-order valence-corrected chi connectivity index (χ0v) is 9.66. The zero-order chi connectivity index (χ0) is 11.7. The van der Waals surface area contributed by atoms with Gasteiger partial charge in [-0.2, -0.15) is 15.0 Å². The van der Waals surface area contributed by atoms with Crippen LogP contribution >= 0.6 is 11.6 Å². The Bertz CT molecular complexity index is 524. The van der Waals surface area contributed by atoms with Gasteiger partial charge in [0, 0.05) is 11.8 Å². The molecule has 84 valence electrons. The number of hydrogen-bond donors (Lipinski definition) is 0. The molecule has 0 saturated heterocycles. The monoisotopic (exact) mass is 240 g/mol. The van der Waals surface area contributed by atoms with Crippen LogP contribution in [0.1, 0.15) is 12.6 Å². The topological polar surface area (TPSA) is 43.6 Å². The minimum Gasteiger partial charge on any atom is -0.242 e. The average Bonchev–Trinajstić information content (AvgIpc) is 2.64. The highest BCUT2D eigenvalue weighted by molar-refractivity contribution is 6.29. The van der Waals surface area contributed by atoms with E-state index in [1.807, 2.05) is 6.92 Å². The van der Waals surface area contributed by atoms with Crippen molar-refractivity contribution < 1.29 is 4.39 Å². The second kappa shape index (κ2) is 4.17. The van der Waals surface area contributed by atoms with Gasteiger partial charge in [-0.05, 0) is 19.9 Å². The Labute approximate surface area is 97.1 Å². The van der Waals surface area contributed by atoms with Gasteiger partial charge in [-0.1, -0.05) is 11.6 Å². The van der Waals surface area contributed by atoms with Crippen molar-refractivity contribution >= 4 is 11.6 Å². The summed E-state index contributed by atoms with van der Waals surface area (Å²) in [4.78, 5) is 5.17. The van der Waals surface area contributed by atoms with E-state index in [1.165, 1.54) is 17.1 Å². The van der Waals surface area contributed by atoms with Crippen LogP contribution in [0.15, 0.2) is 12.3 Å². The smallest absolute Gasteiger partial charge is 0.169 e. The van der Waals surface area contributed by atoms with E-state index >= 15 is 0 Å². The molecule has 0 aromatic carbocycles. The van der Waals surface area contributed by atoms with E-state index in [0.29, 0.717) is 23.5 Å². The van der Waals surface area contributed by atoms with E-state index in [9.17, 15) is 4.39 Å². The van der Waals surface area contributed by atoms with Gasteiger partial charge in [-0.25, -0.2) is 9.37 Å². The maximum absolute atomic E-state index is 13.7. The summed E-state index contributed by atoms with van der Waals surface area (Å²) >= 11 is 5.62. The number of aryl methyl sites for hydroxylation is 2. The van der Waals surface area contributed by atoms with Gasteiger partial charge in [-0.3, -0.25) is 0 Å². The number of rotatable bonds is 2. The third kappa shape index (κ3) is 1.78. The van der Waals surface area contributed by atoms with Crippen molar-refractivity contribution in [2.24, 2.45) is 0 Å². The lowest BCUT2D eigenvalue weighted by Gasteiger charge is -2.00. The summed E-state index contributed by atoms with van der Waals surface area (Å²) in [6.07, 6.45) is 1.45. The lowest BCUT2D eigenvalue weighted by atomic mass is 10.1. The van der Waals surface area contributed by atoms with Crippen molar-refractivity contribution in [3.05, 3.63) is 28.9 Å². The Kier molecular flexibility index (Phi) is 2.87. The molecule has 2 rings (SSSR count). The van der Waals surface area contributed by atoms with Crippen LogP contribution in [0.4, 0.5) is 4.39 Å². The van der Waals surface area contributed by atoms with Crippen molar-refractivity contribution in [2.75, 3.05) is 0 Å². The molecular formula is C10H10ClFN4. The van der Waals surface area contributed by atoms with Crippen LogP contribution in [0.2, 0.25) is 5.15 Å². The summed E-state index contributed by atoms with van der Waals surface area (Å²) in [5, 5.41) is 8.18. The number of hydrogen-bond acceptors (Lipinski definition) is 3. The van der Waals surface area contributed by atoms with Gasteiger partial charge in [0.05, 0.1) is 12.2 Å². The fourth-order valence-electron chi connectivity index (χ4n) is 1.42. The SMILES string of the molecule is CCn1nc(C)c(-c2ccnc(Cl)c2F)n1. The van der Waals surface area contributed by atoms with Crippen molar-refractivity contribution in [3.63, 3.8) is 0 Å². The minimum atomic E-state index is -0.560. The Hall–Kier alpha value is -1.49. The molecule has 2 heterocycles. The molecule has 0 spiro atoms. The molecular weight excluding hydrogens is 231 g/mol. The van der Waals surface area contributed by atoms with Gasteiger partial charge in [0.25, 0.3) is 0 Å². The number of halogens is 2. The quantitative estimate of drug-likeness (QED) is 0.758. The first-order valence-corrected chi connectivity index (χ1v) is 5.23. The molecule has 0 radical (unpaired) electrons. The molecule has 2 aromatic rings. The summed E-state index contributed by atoms with van der Waals surface area (Å²) < 4.78 is 13.7. The summed E-state index contributed by atoms with van der Waals surface area (Å²) in [5.74, 6) is -0.560. The molecule has 0 aliphatic carbocycles. The minimum absolute atomic E-state index is 0.150. The zero-order valence-electron chi connectivity index (χ0n) is 8.91. The van der Waals surface area contributed by atoms with Gasteiger partial charge < -0.3 is 0 Å². The average molecular weight is 241 g/mol. The second-order valence-corrected chi connectivity index (χ2v) is 3.64. The van der Waals surface area contributed by atoms with Crippen molar-refractivity contribution in [1.82, 2.24) is 20.0 Å². The maximum atomic E-state index is 13.7. The molecule has 2 aromatic heterocycles. The van der Waals surface area contributed by atoms with Crippen molar-refractivity contribution in [2.45, 2.75) is 20.4 Å². The fourth-order valence-corrected chi connectivity index (χ4v) is 1.58. The molecule has 0 atom stereocenters. The summed E-state index contributed by atoms with van der Waals surface area (Å²) in [6.45, 7) is 4.34. The third-order valence-electron chi connectivity index (χ3n) is 2.21. The Morgan fingerprint density at radius 3 is 2.81 bits per heavy atom. The molecule has 0 amide bonds. The Morgan fingerprint density at radius 1 is 1.44 bits per heavy atom. The second-order valence-electron chi connectivity index (χ2n) is 3.29. The number of pyridine rings is 1. The van der Waals surface area contributed by atoms with Crippen LogP contribution in [0.25, 0.3) is 11.3 Å². The molecule has 0 aliphatic heterocycles. The Balaban J connectivity index is 2.58. The fraction of sp³-hybridized carbons (Fsp3) is 0.300. The molecule has 16 heavy (non-hydrogen) atoms. The molecule has 6 heteroatoms. The van der Waals surface area contributed by atoms with Crippen LogP contribution in [0.5, 0.6) is 0 Å². The first kappa shape index (κ1) is 11.0. The molecule has 0 N–H and O–H groups in total.